The van der Waals surface area contributed by atoms with Crippen LogP contribution in [0.4, 0.5) is 0 Å². The summed E-state index contributed by atoms with van der Waals surface area (Å²) >= 11 is 1.57. The lowest BCUT2D eigenvalue weighted by Gasteiger charge is -2.10. The lowest BCUT2D eigenvalue weighted by molar-refractivity contribution is 0.151. The van der Waals surface area contributed by atoms with Crippen molar-refractivity contribution in [2.45, 2.75) is 18.4 Å². The van der Waals surface area contributed by atoms with E-state index in [1.807, 2.05) is 17.5 Å². The zero-order valence-electron chi connectivity index (χ0n) is 10.2. The van der Waals surface area contributed by atoms with Crippen molar-refractivity contribution in [3.05, 3.63) is 52.2 Å². The SMILES string of the molecule is COc1ccsc1C(O)C1CC1c1ccccc1. The lowest BCUT2D eigenvalue weighted by Crippen LogP contribution is -2.01. The van der Waals surface area contributed by atoms with E-state index in [9.17, 15) is 5.11 Å². The minimum atomic E-state index is -0.398. The molecule has 1 N–H and O–H groups in total. The maximum Gasteiger partial charge on any atom is 0.135 e. The van der Waals surface area contributed by atoms with Gasteiger partial charge in [0.2, 0.25) is 0 Å². The maximum atomic E-state index is 10.4. The molecule has 1 aliphatic carbocycles. The molecule has 0 aliphatic heterocycles. The molecule has 3 unspecified atom stereocenters. The van der Waals surface area contributed by atoms with E-state index in [2.05, 4.69) is 24.3 Å². The topological polar surface area (TPSA) is 29.5 Å². The first-order valence-corrected chi connectivity index (χ1v) is 7.03. The van der Waals surface area contributed by atoms with E-state index in [1.54, 1.807) is 18.4 Å². The van der Waals surface area contributed by atoms with Gasteiger partial charge in [0, 0.05) is 0 Å². The van der Waals surface area contributed by atoms with Gasteiger partial charge in [0.25, 0.3) is 0 Å². The molecule has 1 aromatic carbocycles. The van der Waals surface area contributed by atoms with Gasteiger partial charge in [-0.25, -0.2) is 0 Å². The summed E-state index contributed by atoms with van der Waals surface area (Å²) in [6.07, 6.45) is 0.664. The van der Waals surface area contributed by atoms with E-state index in [4.69, 9.17) is 4.74 Å². The van der Waals surface area contributed by atoms with Crippen molar-refractivity contribution in [3.63, 3.8) is 0 Å². The summed E-state index contributed by atoms with van der Waals surface area (Å²) in [5.41, 5.74) is 1.33. The van der Waals surface area contributed by atoms with E-state index in [-0.39, 0.29) is 0 Å². The number of hydrogen-bond donors (Lipinski definition) is 1. The van der Waals surface area contributed by atoms with Crippen molar-refractivity contribution in [3.8, 4) is 5.75 Å². The van der Waals surface area contributed by atoms with Crippen molar-refractivity contribution in [2.24, 2.45) is 5.92 Å². The van der Waals surface area contributed by atoms with Gasteiger partial charge in [0.1, 0.15) is 5.75 Å². The molecule has 1 aliphatic rings. The largest absolute Gasteiger partial charge is 0.495 e. The van der Waals surface area contributed by atoms with Crippen molar-refractivity contribution < 1.29 is 9.84 Å². The zero-order valence-corrected chi connectivity index (χ0v) is 11.1. The third kappa shape index (κ3) is 2.04. The Kier molecular flexibility index (Phi) is 3.10. The normalized spacial score (nSPS) is 23.7. The van der Waals surface area contributed by atoms with E-state index < -0.39 is 6.10 Å². The minimum absolute atomic E-state index is 0.333. The summed E-state index contributed by atoms with van der Waals surface area (Å²) in [7, 11) is 1.65. The average molecular weight is 260 g/mol. The number of thiophene rings is 1. The number of ether oxygens (including phenoxy) is 1. The molecule has 94 valence electrons. The third-order valence-corrected chi connectivity index (χ3v) is 4.59. The molecular formula is C15H16O2S. The highest BCUT2D eigenvalue weighted by Gasteiger charge is 2.44. The minimum Gasteiger partial charge on any atom is -0.495 e. The molecule has 1 fully saturated rings. The molecule has 2 aromatic rings. The van der Waals surface area contributed by atoms with Gasteiger partial charge in [-0.1, -0.05) is 30.3 Å². The molecule has 3 heteroatoms. The van der Waals surface area contributed by atoms with Crippen molar-refractivity contribution in [1.82, 2.24) is 0 Å². The third-order valence-electron chi connectivity index (χ3n) is 3.62. The predicted molar refractivity (Wildman–Crippen MR) is 73.1 cm³/mol. The average Bonchev–Trinajstić information content (AvgIpc) is 3.08. The Morgan fingerprint density at radius 3 is 2.78 bits per heavy atom. The summed E-state index contributed by atoms with van der Waals surface area (Å²) in [5, 5.41) is 12.4. The zero-order chi connectivity index (χ0) is 12.5. The Bertz CT molecular complexity index is 520. The molecule has 2 nitrogen and oxygen atoms in total. The number of benzene rings is 1. The molecule has 0 amide bonds. The van der Waals surface area contributed by atoms with Crippen LogP contribution < -0.4 is 4.74 Å². The summed E-state index contributed by atoms with van der Waals surface area (Å²) in [6, 6.07) is 12.3. The second-order valence-corrected chi connectivity index (χ2v) is 5.66. The monoisotopic (exact) mass is 260 g/mol. The van der Waals surface area contributed by atoms with Crippen LogP contribution >= 0.6 is 11.3 Å². The van der Waals surface area contributed by atoms with Crippen LogP contribution in [0.1, 0.15) is 28.9 Å². The van der Waals surface area contributed by atoms with Gasteiger partial charge in [0.05, 0.1) is 18.1 Å². The second-order valence-electron chi connectivity index (χ2n) is 4.71. The van der Waals surface area contributed by atoms with Gasteiger partial charge in [-0.15, -0.1) is 11.3 Å². The van der Waals surface area contributed by atoms with E-state index in [0.717, 1.165) is 17.0 Å². The van der Waals surface area contributed by atoms with Crippen LogP contribution in [0.15, 0.2) is 41.8 Å². The Labute approximate surface area is 111 Å². The van der Waals surface area contributed by atoms with Crippen LogP contribution in [-0.2, 0) is 0 Å². The smallest absolute Gasteiger partial charge is 0.135 e. The molecule has 3 rings (SSSR count). The molecule has 3 atom stereocenters. The van der Waals surface area contributed by atoms with Crippen molar-refractivity contribution in [1.29, 1.82) is 0 Å². The van der Waals surface area contributed by atoms with Gasteiger partial charge < -0.3 is 9.84 Å². The Hall–Kier alpha value is -1.32. The molecule has 0 spiro atoms. The lowest BCUT2D eigenvalue weighted by atomic mass is 10.1. The molecular weight excluding hydrogens is 244 g/mol. The first-order chi connectivity index (χ1) is 8.81. The van der Waals surface area contributed by atoms with Gasteiger partial charge in [-0.2, -0.15) is 0 Å². The summed E-state index contributed by atoms with van der Waals surface area (Å²) < 4.78 is 5.28. The fourth-order valence-electron chi connectivity index (χ4n) is 2.53. The fourth-order valence-corrected chi connectivity index (χ4v) is 3.45. The van der Waals surface area contributed by atoms with Crippen LogP contribution in [0.2, 0.25) is 0 Å². The quantitative estimate of drug-likeness (QED) is 0.910. The van der Waals surface area contributed by atoms with E-state index in [0.29, 0.717) is 11.8 Å². The number of methoxy groups -OCH3 is 1. The number of hydrogen-bond acceptors (Lipinski definition) is 3. The number of aliphatic hydroxyl groups is 1. The van der Waals surface area contributed by atoms with Gasteiger partial charge >= 0.3 is 0 Å². The molecule has 0 saturated heterocycles. The van der Waals surface area contributed by atoms with Crippen LogP contribution in [0.25, 0.3) is 0 Å². The molecule has 0 radical (unpaired) electrons. The Morgan fingerprint density at radius 2 is 2.06 bits per heavy atom. The van der Waals surface area contributed by atoms with E-state index in [1.165, 1.54) is 5.56 Å². The standard InChI is InChI=1S/C15H16O2S/c1-17-13-7-8-18-15(13)14(16)12-9-11(12)10-5-3-2-4-6-10/h2-8,11-12,14,16H,9H2,1H3. The summed E-state index contributed by atoms with van der Waals surface area (Å²) in [5.74, 6) is 1.64. The predicted octanol–water partition coefficient (Wildman–Crippen LogP) is 3.59. The number of rotatable bonds is 4. The van der Waals surface area contributed by atoms with Crippen molar-refractivity contribution in [2.75, 3.05) is 7.11 Å². The van der Waals surface area contributed by atoms with Crippen LogP contribution in [0.5, 0.6) is 5.75 Å². The molecule has 1 heterocycles. The highest BCUT2D eigenvalue weighted by Crippen LogP contribution is 2.55. The van der Waals surface area contributed by atoms with Gasteiger partial charge in [0.15, 0.2) is 0 Å². The molecule has 18 heavy (non-hydrogen) atoms. The van der Waals surface area contributed by atoms with Crippen LogP contribution in [0, 0.1) is 5.92 Å². The second kappa shape index (κ2) is 4.75. The Balaban J connectivity index is 1.75. The summed E-state index contributed by atoms with van der Waals surface area (Å²) in [4.78, 5) is 0.959. The highest BCUT2D eigenvalue weighted by atomic mass is 32.1. The van der Waals surface area contributed by atoms with Crippen LogP contribution in [0.3, 0.4) is 0 Å². The first kappa shape index (κ1) is 11.8. The van der Waals surface area contributed by atoms with Crippen molar-refractivity contribution >= 4 is 11.3 Å². The van der Waals surface area contributed by atoms with Gasteiger partial charge in [-0.05, 0) is 35.3 Å². The Morgan fingerprint density at radius 1 is 1.28 bits per heavy atom. The van der Waals surface area contributed by atoms with Crippen LogP contribution in [-0.4, -0.2) is 12.2 Å². The molecule has 0 bridgehead atoms. The number of aliphatic hydroxyl groups excluding tert-OH is 1. The van der Waals surface area contributed by atoms with Gasteiger partial charge in [-0.3, -0.25) is 0 Å². The molecule has 1 saturated carbocycles. The van der Waals surface area contributed by atoms with E-state index >= 15 is 0 Å². The summed E-state index contributed by atoms with van der Waals surface area (Å²) in [6.45, 7) is 0. The first-order valence-electron chi connectivity index (χ1n) is 6.15. The highest BCUT2D eigenvalue weighted by molar-refractivity contribution is 7.10. The maximum absolute atomic E-state index is 10.4. The fraction of sp³-hybridized carbons (Fsp3) is 0.333. The molecule has 1 aromatic heterocycles.